The molecule has 3 aliphatic rings. The summed E-state index contributed by atoms with van der Waals surface area (Å²) in [4.78, 5) is 44.6. The summed E-state index contributed by atoms with van der Waals surface area (Å²) in [6.07, 6.45) is 4.35. The van der Waals surface area contributed by atoms with Crippen LogP contribution in [0.1, 0.15) is 85.6 Å². The summed E-state index contributed by atoms with van der Waals surface area (Å²) in [5, 5.41) is 37.0. The van der Waals surface area contributed by atoms with E-state index in [9.17, 15) is 29.7 Å². The summed E-state index contributed by atoms with van der Waals surface area (Å²) >= 11 is 0. The molecular weight excluding hydrogens is 853 g/mol. The predicted molar refractivity (Wildman–Crippen MR) is 246 cm³/mol. The number of aliphatic hydroxyl groups excluding tert-OH is 2. The molecule has 1 aromatic heterocycles. The molecule has 0 saturated carbocycles. The molecule has 0 spiro atoms. The van der Waals surface area contributed by atoms with E-state index in [2.05, 4.69) is 4.98 Å². The van der Waals surface area contributed by atoms with Gasteiger partial charge in [-0.25, -0.2) is 0 Å². The van der Waals surface area contributed by atoms with Crippen molar-refractivity contribution in [3.05, 3.63) is 72.6 Å². The highest BCUT2D eigenvalue weighted by Crippen LogP contribution is 2.38. The molecule has 0 unspecified atom stereocenters. The standard InChI is InChI=1S/C50H72N2O14/c1-10-40(55)64-48-33(5)62-42(27-50(48,6)58)65-45-32(4)63-49(44(57)43(45)52(7)8)66-46-34(22-23-53)25-30(2)38(54)21-13-11-12-17-31(3)61-41(56)26-39(47(46)59-9)60-24-16-19-36-29-51-28-35-18-14-15-20-37(35)36/h11-16,18-21,23,28-34,38-39,42-49,54,57-58H,10,17,22,24-27H2,1-9H3/b12-11+,19-16+,21-13+/t30-,31-,32-,33+,34+,38+,39-,42+,43-,44-,45-,46+,47+,48+,49+,50-/m1/s1. The Bertz CT molecular complexity index is 1950. The van der Waals surface area contributed by atoms with Crippen molar-refractivity contribution in [2.45, 2.75) is 165 Å². The Hall–Kier alpha value is -3.94. The van der Waals surface area contributed by atoms with Crippen LogP contribution in [0.2, 0.25) is 0 Å². The van der Waals surface area contributed by atoms with Gasteiger partial charge in [-0.1, -0.05) is 74.6 Å². The molecule has 0 bridgehead atoms. The monoisotopic (exact) mass is 924 g/mol. The number of esters is 2. The number of methoxy groups -OCH3 is 1. The number of nitrogens with zero attached hydrogens (tertiary/aromatic N) is 2. The summed E-state index contributed by atoms with van der Waals surface area (Å²) in [5.74, 6) is -2.01. The van der Waals surface area contributed by atoms with Crippen LogP contribution in [0.5, 0.6) is 0 Å². The number of hydrogen-bond acceptors (Lipinski definition) is 16. The van der Waals surface area contributed by atoms with E-state index in [0.717, 1.165) is 22.6 Å². The Morgan fingerprint density at radius 3 is 2.47 bits per heavy atom. The SMILES string of the molecule is CCC(=O)O[C@H]1[C@H](C)O[C@@H](O[C@H]2[C@H](N(C)C)[C@@H](O)[C@H](O[C@H]3[C@@H](CC=O)C[C@@H](C)[C@@H](O)/C=C/C=C/C[C@@H](C)OC(=O)C[C@@H](OC/C=C/c4cncc5ccccc45)[C@@H]3OC)O[C@@H]2C)C[C@@]1(C)O. The summed E-state index contributed by atoms with van der Waals surface area (Å²) in [6, 6.07) is 7.13. The zero-order chi connectivity index (χ0) is 48.1. The Balaban J connectivity index is 1.47. The van der Waals surface area contributed by atoms with Gasteiger partial charge in [0.2, 0.25) is 0 Å². The Morgan fingerprint density at radius 1 is 1.02 bits per heavy atom. The van der Waals surface area contributed by atoms with Crippen molar-refractivity contribution in [2.24, 2.45) is 11.8 Å². The normalized spacial score (nSPS) is 37.3. The van der Waals surface area contributed by atoms with Crippen LogP contribution in [0, 0.1) is 11.8 Å². The van der Waals surface area contributed by atoms with Crippen molar-refractivity contribution < 1.29 is 67.6 Å². The number of fused-ring (bicyclic) bond motifs is 1. The smallest absolute Gasteiger partial charge is 0.308 e. The first-order chi connectivity index (χ1) is 31.5. The maximum atomic E-state index is 13.7. The summed E-state index contributed by atoms with van der Waals surface area (Å²) in [7, 11) is 5.03. The fourth-order valence-corrected chi connectivity index (χ4v) is 9.24. The van der Waals surface area contributed by atoms with Gasteiger partial charge >= 0.3 is 11.9 Å². The summed E-state index contributed by atoms with van der Waals surface area (Å²) in [6.45, 7) is 10.4. The van der Waals surface area contributed by atoms with Gasteiger partial charge in [0.25, 0.3) is 0 Å². The number of allylic oxidation sites excluding steroid dienone is 2. The number of pyridine rings is 1. The molecule has 4 heterocycles. The molecular formula is C50H72N2O14. The van der Waals surface area contributed by atoms with E-state index in [1.165, 1.54) is 7.11 Å². The molecule has 16 atom stereocenters. The van der Waals surface area contributed by atoms with Gasteiger partial charge in [-0.15, -0.1) is 0 Å². The van der Waals surface area contributed by atoms with Crippen LogP contribution >= 0.6 is 0 Å². The second-order valence-electron chi connectivity index (χ2n) is 18.3. The van der Waals surface area contributed by atoms with E-state index in [1.807, 2.05) is 49.4 Å². The number of rotatable bonds is 14. The number of benzene rings is 1. The van der Waals surface area contributed by atoms with E-state index in [0.29, 0.717) is 6.42 Å². The number of hydrogen-bond donors (Lipinski definition) is 3. The van der Waals surface area contributed by atoms with Crippen molar-refractivity contribution in [1.82, 2.24) is 9.88 Å². The second-order valence-corrected chi connectivity index (χ2v) is 18.3. The predicted octanol–water partition coefficient (Wildman–Crippen LogP) is 5.09. The third-order valence-electron chi connectivity index (χ3n) is 12.7. The number of aliphatic hydroxyl groups is 3. The largest absolute Gasteiger partial charge is 0.462 e. The lowest BCUT2D eigenvalue weighted by atomic mass is 9.82. The van der Waals surface area contributed by atoms with Crippen LogP contribution in [0.25, 0.3) is 16.8 Å². The minimum absolute atomic E-state index is 0.0275. The summed E-state index contributed by atoms with van der Waals surface area (Å²) < 4.78 is 50.2. The van der Waals surface area contributed by atoms with Crippen LogP contribution in [-0.4, -0.2) is 157 Å². The minimum atomic E-state index is -1.49. The lowest BCUT2D eigenvalue weighted by Crippen LogP contribution is -2.66. The third kappa shape index (κ3) is 14.1. The number of likely N-dealkylation sites (N-methyl/N-ethyl adjacent to an activating group) is 1. The molecule has 0 amide bonds. The third-order valence-corrected chi connectivity index (χ3v) is 12.7. The Labute approximate surface area is 389 Å². The first-order valence-corrected chi connectivity index (χ1v) is 23.1. The van der Waals surface area contributed by atoms with Gasteiger partial charge in [-0.3, -0.25) is 14.6 Å². The average Bonchev–Trinajstić information content (AvgIpc) is 3.26. The Morgan fingerprint density at radius 2 is 1.77 bits per heavy atom. The molecule has 2 saturated heterocycles. The number of carbonyl (C=O) groups excluding carboxylic acids is 3. The second kappa shape index (κ2) is 24.9. The van der Waals surface area contributed by atoms with Crippen LogP contribution in [0.4, 0.5) is 0 Å². The first-order valence-electron chi connectivity index (χ1n) is 23.1. The molecule has 2 fully saturated rings. The molecule has 0 radical (unpaired) electrons. The molecule has 16 heteroatoms. The topological polar surface area (TPSA) is 202 Å². The van der Waals surface area contributed by atoms with Crippen LogP contribution in [0.3, 0.4) is 0 Å². The number of cyclic esters (lactones) is 1. The highest BCUT2D eigenvalue weighted by atomic mass is 16.7. The van der Waals surface area contributed by atoms with Crippen LogP contribution in [0.15, 0.2) is 67.0 Å². The van der Waals surface area contributed by atoms with E-state index < -0.39 is 103 Å². The van der Waals surface area contributed by atoms with Gasteiger partial charge in [-0.05, 0) is 65.4 Å². The number of carbonyl (C=O) groups is 3. The first kappa shape index (κ1) is 53.0. The van der Waals surface area contributed by atoms with Gasteiger partial charge in [0, 0.05) is 56.1 Å². The lowest BCUT2D eigenvalue weighted by Gasteiger charge is -2.50. The average molecular weight is 925 g/mol. The van der Waals surface area contributed by atoms with E-state index in [4.69, 9.17) is 37.9 Å². The maximum absolute atomic E-state index is 13.7. The van der Waals surface area contributed by atoms with Gasteiger partial charge in [0.1, 0.15) is 36.3 Å². The zero-order valence-electron chi connectivity index (χ0n) is 39.8. The summed E-state index contributed by atoms with van der Waals surface area (Å²) in [5.41, 5.74) is -0.611. The Kier molecular flexibility index (Phi) is 20.0. The zero-order valence-corrected chi connectivity index (χ0v) is 39.8. The molecule has 3 aliphatic heterocycles. The molecule has 2 aromatic rings. The maximum Gasteiger partial charge on any atom is 0.308 e. The van der Waals surface area contributed by atoms with Crippen molar-refractivity contribution in [3.8, 4) is 0 Å². The van der Waals surface area contributed by atoms with Crippen molar-refractivity contribution in [2.75, 3.05) is 27.8 Å². The number of aldehydes is 1. The van der Waals surface area contributed by atoms with Crippen molar-refractivity contribution in [1.29, 1.82) is 0 Å². The number of ether oxygens (including phenoxy) is 8. The molecule has 3 N–H and O–H groups in total. The van der Waals surface area contributed by atoms with Crippen LogP contribution in [-0.2, 0) is 52.3 Å². The molecule has 1 aromatic carbocycles. The van der Waals surface area contributed by atoms with Gasteiger partial charge in [0.05, 0.1) is 49.6 Å². The minimum Gasteiger partial charge on any atom is -0.462 e. The highest BCUT2D eigenvalue weighted by Gasteiger charge is 2.53. The van der Waals surface area contributed by atoms with E-state index in [-0.39, 0.29) is 44.6 Å². The quantitative estimate of drug-likeness (QED) is 0.167. The number of aromatic nitrogens is 1. The molecule has 0 aliphatic carbocycles. The highest BCUT2D eigenvalue weighted by molar-refractivity contribution is 5.89. The van der Waals surface area contributed by atoms with Crippen LogP contribution < -0.4 is 0 Å². The van der Waals surface area contributed by atoms with E-state index >= 15 is 0 Å². The molecule has 5 rings (SSSR count). The molecule has 16 nitrogen and oxygen atoms in total. The molecule has 66 heavy (non-hydrogen) atoms. The van der Waals surface area contributed by atoms with Gasteiger partial charge in [-0.2, -0.15) is 0 Å². The fourth-order valence-electron chi connectivity index (χ4n) is 9.24. The van der Waals surface area contributed by atoms with Gasteiger partial charge in [0.15, 0.2) is 18.7 Å². The van der Waals surface area contributed by atoms with Crippen molar-refractivity contribution >= 4 is 35.1 Å². The van der Waals surface area contributed by atoms with Crippen molar-refractivity contribution in [3.63, 3.8) is 0 Å². The van der Waals surface area contributed by atoms with E-state index in [1.54, 1.807) is 84.2 Å². The van der Waals surface area contributed by atoms with Gasteiger partial charge < -0.3 is 62.9 Å². The lowest BCUT2D eigenvalue weighted by molar-refractivity contribution is -0.344. The fraction of sp³-hybridized carbons (Fsp3) is 0.640. The molecule has 366 valence electrons.